The van der Waals surface area contributed by atoms with Crippen molar-refractivity contribution in [3.63, 3.8) is 0 Å². The number of rotatable bonds is 3. The first kappa shape index (κ1) is 13.2. The van der Waals surface area contributed by atoms with Crippen molar-refractivity contribution in [2.75, 3.05) is 5.32 Å². The van der Waals surface area contributed by atoms with Crippen LogP contribution in [0, 0.1) is 11.3 Å². The summed E-state index contributed by atoms with van der Waals surface area (Å²) in [6.07, 6.45) is 0. The molecule has 100 valence electrons. The zero-order valence-electron chi connectivity index (χ0n) is 10.9. The minimum atomic E-state index is 0.648. The standard InChI is InChI=1S/C16H14BrN3/c17-15-2-1-3-16(14(15)7-18)20-8-11-4-5-12-9-19-10-13(12)6-11/h1-6,19-20H,8-10H2. The third-order valence-corrected chi connectivity index (χ3v) is 4.17. The zero-order chi connectivity index (χ0) is 13.9. The molecule has 0 unspecified atom stereocenters. The van der Waals surface area contributed by atoms with Crippen LogP contribution >= 0.6 is 15.9 Å². The summed E-state index contributed by atoms with van der Waals surface area (Å²) in [5.41, 5.74) is 5.50. The van der Waals surface area contributed by atoms with Gasteiger partial charge in [-0.05, 0) is 44.8 Å². The second-order valence-corrected chi connectivity index (χ2v) is 5.69. The highest BCUT2D eigenvalue weighted by Gasteiger charge is 2.10. The van der Waals surface area contributed by atoms with Crippen LogP contribution in [0.5, 0.6) is 0 Å². The Labute approximate surface area is 126 Å². The number of nitrogens with zero attached hydrogens (tertiary/aromatic N) is 1. The van der Waals surface area contributed by atoms with Crippen LogP contribution in [-0.4, -0.2) is 0 Å². The Morgan fingerprint density at radius 2 is 2.05 bits per heavy atom. The Kier molecular flexibility index (Phi) is 3.72. The van der Waals surface area contributed by atoms with Crippen molar-refractivity contribution in [2.24, 2.45) is 0 Å². The number of nitrogens with one attached hydrogen (secondary N) is 2. The second kappa shape index (κ2) is 5.66. The number of fused-ring (bicyclic) bond motifs is 1. The molecule has 0 aromatic heterocycles. The lowest BCUT2D eigenvalue weighted by Crippen LogP contribution is -2.02. The monoisotopic (exact) mass is 327 g/mol. The van der Waals surface area contributed by atoms with E-state index in [4.69, 9.17) is 0 Å². The van der Waals surface area contributed by atoms with E-state index >= 15 is 0 Å². The molecule has 0 aliphatic carbocycles. The van der Waals surface area contributed by atoms with Gasteiger partial charge in [-0.25, -0.2) is 0 Å². The highest BCUT2D eigenvalue weighted by molar-refractivity contribution is 9.10. The Morgan fingerprint density at radius 1 is 1.20 bits per heavy atom. The predicted octanol–water partition coefficient (Wildman–Crippen LogP) is 3.54. The van der Waals surface area contributed by atoms with E-state index in [1.54, 1.807) is 0 Å². The molecule has 2 N–H and O–H groups in total. The minimum absolute atomic E-state index is 0.648. The van der Waals surface area contributed by atoms with Crippen molar-refractivity contribution in [3.8, 4) is 6.07 Å². The molecule has 0 saturated carbocycles. The second-order valence-electron chi connectivity index (χ2n) is 4.83. The van der Waals surface area contributed by atoms with E-state index in [0.29, 0.717) is 5.56 Å². The van der Waals surface area contributed by atoms with Crippen LogP contribution < -0.4 is 10.6 Å². The maximum absolute atomic E-state index is 9.20. The van der Waals surface area contributed by atoms with E-state index in [1.165, 1.54) is 16.7 Å². The Morgan fingerprint density at radius 3 is 2.90 bits per heavy atom. The van der Waals surface area contributed by atoms with Crippen LogP contribution in [0.1, 0.15) is 22.3 Å². The SMILES string of the molecule is N#Cc1c(Br)cccc1NCc1ccc2c(c1)CNC2. The fraction of sp³-hybridized carbons (Fsp3) is 0.188. The molecule has 1 aliphatic rings. The summed E-state index contributed by atoms with van der Waals surface area (Å²) in [5, 5.41) is 15.9. The van der Waals surface area contributed by atoms with E-state index in [0.717, 1.165) is 29.8 Å². The summed E-state index contributed by atoms with van der Waals surface area (Å²) in [5.74, 6) is 0. The van der Waals surface area contributed by atoms with Crippen molar-refractivity contribution in [2.45, 2.75) is 19.6 Å². The normalized spacial score (nSPS) is 12.8. The molecule has 0 saturated heterocycles. The maximum atomic E-state index is 9.20. The lowest BCUT2D eigenvalue weighted by atomic mass is 10.1. The molecular formula is C16H14BrN3. The summed E-state index contributed by atoms with van der Waals surface area (Å²) in [4.78, 5) is 0. The molecule has 1 heterocycles. The third-order valence-electron chi connectivity index (χ3n) is 3.51. The van der Waals surface area contributed by atoms with Gasteiger partial charge in [0.2, 0.25) is 0 Å². The van der Waals surface area contributed by atoms with Crippen LogP contribution in [0.3, 0.4) is 0 Å². The molecule has 20 heavy (non-hydrogen) atoms. The molecule has 3 nitrogen and oxygen atoms in total. The van der Waals surface area contributed by atoms with Gasteiger partial charge in [0.05, 0.1) is 11.3 Å². The van der Waals surface area contributed by atoms with Crippen LogP contribution in [0.15, 0.2) is 40.9 Å². The molecule has 4 heteroatoms. The van der Waals surface area contributed by atoms with Gasteiger partial charge in [-0.15, -0.1) is 0 Å². The molecule has 1 aliphatic heterocycles. The zero-order valence-corrected chi connectivity index (χ0v) is 12.5. The number of hydrogen-bond acceptors (Lipinski definition) is 3. The fourth-order valence-electron chi connectivity index (χ4n) is 2.44. The number of anilines is 1. The van der Waals surface area contributed by atoms with Gasteiger partial charge in [0.15, 0.2) is 0 Å². The molecule has 0 amide bonds. The maximum Gasteiger partial charge on any atom is 0.103 e. The van der Waals surface area contributed by atoms with Crippen LogP contribution in [0.25, 0.3) is 0 Å². The molecular weight excluding hydrogens is 314 g/mol. The Hall–Kier alpha value is -1.83. The van der Waals surface area contributed by atoms with Gasteiger partial charge in [-0.1, -0.05) is 24.3 Å². The molecule has 0 radical (unpaired) electrons. The Bertz CT molecular complexity index is 689. The highest BCUT2D eigenvalue weighted by Crippen LogP contribution is 2.24. The lowest BCUT2D eigenvalue weighted by molar-refractivity contribution is 0.764. The highest BCUT2D eigenvalue weighted by atomic mass is 79.9. The largest absolute Gasteiger partial charge is 0.380 e. The van der Waals surface area contributed by atoms with E-state index in [2.05, 4.69) is 50.8 Å². The summed E-state index contributed by atoms with van der Waals surface area (Å²) in [6.45, 7) is 2.63. The molecule has 0 fully saturated rings. The number of nitriles is 1. The summed E-state index contributed by atoms with van der Waals surface area (Å²) >= 11 is 3.40. The van der Waals surface area contributed by atoms with Gasteiger partial charge < -0.3 is 10.6 Å². The molecule has 0 spiro atoms. The van der Waals surface area contributed by atoms with Gasteiger partial charge in [0.25, 0.3) is 0 Å². The molecule has 0 bridgehead atoms. The predicted molar refractivity (Wildman–Crippen MR) is 83.2 cm³/mol. The lowest BCUT2D eigenvalue weighted by Gasteiger charge is -2.10. The molecule has 3 rings (SSSR count). The third kappa shape index (κ3) is 2.55. The van der Waals surface area contributed by atoms with E-state index < -0.39 is 0 Å². The quantitative estimate of drug-likeness (QED) is 0.906. The number of hydrogen-bond donors (Lipinski definition) is 2. The van der Waals surface area contributed by atoms with Crippen molar-refractivity contribution in [1.29, 1.82) is 5.26 Å². The average Bonchev–Trinajstić information content (AvgIpc) is 2.92. The molecule has 2 aromatic carbocycles. The van der Waals surface area contributed by atoms with Crippen molar-refractivity contribution < 1.29 is 0 Å². The van der Waals surface area contributed by atoms with Crippen LogP contribution in [0.2, 0.25) is 0 Å². The number of benzene rings is 2. The van der Waals surface area contributed by atoms with Gasteiger partial charge in [-0.2, -0.15) is 5.26 Å². The van der Waals surface area contributed by atoms with Crippen molar-refractivity contribution >= 4 is 21.6 Å². The van der Waals surface area contributed by atoms with E-state index in [1.807, 2.05) is 18.2 Å². The van der Waals surface area contributed by atoms with Crippen LogP contribution in [0.4, 0.5) is 5.69 Å². The topological polar surface area (TPSA) is 47.9 Å². The summed E-state index contributed by atoms with van der Waals surface area (Å²) < 4.78 is 0.822. The van der Waals surface area contributed by atoms with Crippen molar-refractivity contribution in [1.82, 2.24) is 5.32 Å². The summed E-state index contributed by atoms with van der Waals surface area (Å²) in [6, 6.07) is 14.5. The van der Waals surface area contributed by atoms with E-state index in [-0.39, 0.29) is 0 Å². The fourth-order valence-corrected chi connectivity index (χ4v) is 2.90. The average molecular weight is 328 g/mol. The van der Waals surface area contributed by atoms with Gasteiger partial charge in [0.1, 0.15) is 6.07 Å². The van der Waals surface area contributed by atoms with Crippen molar-refractivity contribution in [3.05, 3.63) is 63.1 Å². The first-order chi connectivity index (χ1) is 9.78. The minimum Gasteiger partial charge on any atom is -0.380 e. The first-order valence-electron chi connectivity index (χ1n) is 6.52. The van der Waals surface area contributed by atoms with Gasteiger partial charge >= 0.3 is 0 Å². The smallest absolute Gasteiger partial charge is 0.103 e. The molecule has 0 atom stereocenters. The van der Waals surface area contributed by atoms with Gasteiger partial charge in [0, 0.05) is 24.1 Å². The molecule has 2 aromatic rings. The summed E-state index contributed by atoms with van der Waals surface area (Å²) in [7, 11) is 0. The van der Waals surface area contributed by atoms with Crippen LogP contribution in [-0.2, 0) is 19.6 Å². The number of halogens is 1. The first-order valence-corrected chi connectivity index (χ1v) is 7.31. The van der Waals surface area contributed by atoms with Gasteiger partial charge in [-0.3, -0.25) is 0 Å². The Balaban J connectivity index is 1.77. The van der Waals surface area contributed by atoms with E-state index in [9.17, 15) is 5.26 Å².